The molecule has 1 aliphatic heterocycles. The lowest BCUT2D eigenvalue weighted by Gasteiger charge is -2.25. The molecular weight excluding hydrogens is 230 g/mol. The van der Waals surface area contributed by atoms with E-state index in [4.69, 9.17) is 5.11 Å². The van der Waals surface area contributed by atoms with E-state index >= 15 is 0 Å². The minimum atomic E-state index is -0.0545. The van der Waals surface area contributed by atoms with Gasteiger partial charge in [-0.05, 0) is 31.2 Å². The molecular formula is C14H17NOS. The fourth-order valence-corrected chi connectivity index (χ4v) is 3.93. The Labute approximate surface area is 106 Å². The molecule has 2 fully saturated rings. The van der Waals surface area contributed by atoms with Crippen LogP contribution in [0.5, 0.6) is 0 Å². The quantitative estimate of drug-likeness (QED) is 0.809. The van der Waals surface area contributed by atoms with Crippen molar-refractivity contribution in [3.8, 4) is 11.8 Å². The molecule has 2 bridgehead atoms. The van der Waals surface area contributed by atoms with E-state index in [2.05, 4.69) is 28.2 Å². The van der Waals surface area contributed by atoms with Gasteiger partial charge in [0.25, 0.3) is 0 Å². The fraction of sp³-hybridized carbons (Fsp3) is 0.571. The maximum Gasteiger partial charge on any atom is 0.104 e. The number of fused-ring (bicyclic) bond motifs is 2. The number of rotatable bonds is 2. The van der Waals surface area contributed by atoms with Crippen molar-refractivity contribution in [1.29, 1.82) is 0 Å². The van der Waals surface area contributed by atoms with Crippen molar-refractivity contribution in [2.45, 2.75) is 31.8 Å². The zero-order valence-electron chi connectivity index (χ0n) is 9.85. The summed E-state index contributed by atoms with van der Waals surface area (Å²) >= 11 is 1.79. The summed E-state index contributed by atoms with van der Waals surface area (Å²) in [6.07, 6.45) is 4.26. The minimum Gasteiger partial charge on any atom is -0.384 e. The third kappa shape index (κ3) is 2.40. The average Bonchev–Trinajstić information content (AvgIpc) is 3.02. The van der Waals surface area contributed by atoms with Crippen LogP contribution in [0, 0.1) is 17.8 Å². The molecule has 0 aromatic carbocycles. The van der Waals surface area contributed by atoms with Crippen LogP contribution in [0.25, 0.3) is 0 Å². The van der Waals surface area contributed by atoms with Gasteiger partial charge < -0.3 is 5.11 Å². The number of hydrogen-bond acceptors (Lipinski definition) is 3. The minimum absolute atomic E-state index is 0.0545. The lowest BCUT2D eigenvalue weighted by atomic mass is 10.1. The van der Waals surface area contributed by atoms with Crippen molar-refractivity contribution in [3.05, 3.63) is 21.9 Å². The molecule has 1 aliphatic carbocycles. The van der Waals surface area contributed by atoms with Gasteiger partial charge in [-0.15, -0.1) is 11.3 Å². The molecule has 17 heavy (non-hydrogen) atoms. The van der Waals surface area contributed by atoms with E-state index in [1.54, 1.807) is 11.3 Å². The molecule has 0 amide bonds. The highest BCUT2D eigenvalue weighted by Crippen LogP contribution is 2.38. The number of likely N-dealkylation sites (tertiary alicyclic amines) is 1. The third-order valence-electron chi connectivity index (χ3n) is 3.85. The second kappa shape index (κ2) is 4.81. The number of hydrogen-bond donors (Lipinski definition) is 1. The second-order valence-corrected chi connectivity index (χ2v) is 6.02. The van der Waals surface area contributed by atoms with Crippen molar-refractivity contribution >= 4 is 11.3 Å². The molecule has 2 aliphatic rings. The first-order valence-corrected chi connectivity index (χ1v) is 7.14. The SMILES string of the molecule is OCC#Cc1csc(CN2CC3CCC2C3)c1. The number of thiophene rings is 1. The van der Waals surface area contributed by atoms with Gasteiger partial charge >= 0.3 is 0 Å². The molecule has 0 spiro atoms. The molecule has 3 heteroatoms. The molecule has 0 radical (unpaired) electrons. The van der Waals surface area contributed by atoms with E-state index in [9.17, 15) is 0 Å². The Morgan fingerprint density at radius 3 is 3.12 bits per heavy atom. The predicted molar refractivity (Wildman–Crippen MR) is 69.8 cm³/mol. The Kier molecular flexibility index (Phi) is 3.19. The Hall–Kier alpha value is -0.820. The van der Waals surface area contributed by atoms with Crippen LogP contribution in [0.15, 0.2) is 11.4 Å². The fourth-order valence-electron chi connectivity index (χ4n) is 3.09. The van der Waals surface area contributed by atoms with Crippen molar-refractivity contribution in [3.63, 3.8) is 0 Å². The normalized spacial score (nSPS) is 27.1. The summed E-state index contributed by atoms with van der Waals surface area (Å²) in [4.78, 5) is 4.03. The Morgan fingerprint density at radius 2 is 2.41 bits per heavy atom. The van der Waals surface area contributed by atoms with Gasteiger partial charge in [0.1, 0.15) is 6.61 Å². The van der Waals surface area contributed by atoms with Crippen LogP contribution in [0.2, 0.25) is 0 Å². The summed E-state index contributed by atoms with van der Waals surface area (Å²) in [5.41, 5.74) is 1.04. The van der Waals surface area contributed by atoms with Crippen molar-refractivity contribution in [1.82, 2.24) is 4.90 Å². The lowest BCUT2D eigenvalue weighted by molar-refractivity contribution is 0.207. The van der Waals surface area contributed by atoms with Crippen molar-refractivity contribution in [2.75, 3.05) is 13.2 Å². The van der Waals surface area contributed by atoms with E-state index in [1.807, 2.05) is 0 Å². The summed E-state index contributed by atoms with van der Waals surface area (Å²) in [5.74, 6) is 6.63. The largest absolute Gasteiger partial charge is 0.384 e. The first-order chi connectivity index (χ1) is 8.35. The van der Waals surface area contributed by atoms with E-state index in [0.717, 1.165) is 24.1 Å². The van der Waals surface area contributed by atoms with Crippen LogP contribution in [0.1, 0.15) is 29.7 Å². The van der Waals surface area contributed by atoms with Gasteiger partial charge in [0.05, 0.1) is 0 Å². The molecule has 1 saturated carbocycles. The smallest absolute Gasteiger partial charge is 0.104 e. The topological polar surface area (TPSA) is 23.5 Å². The van der Waals surface area contributed by atoms with Crippen LogP contribution < -0.4 is 0 Å². The zero-order valence-corrected chi connectivity index (χ0v) is 10.7. The van der Waals surface area contributed by atoms with Gasteiger partial charge in [-0.3, -0.25) is 4.90 Å². The first kappa shape index (κ1) is 11.3. The monoisotopic (exact) mass is 247 g/mol. The third-order valence-corrected chi connectivity index (χ3v) is 4.77. The summed E-state index contributed by atoms with van der Waals surface area (Å²) in [6, 6.07) is 3.01. The summed E-state index contributed by atoms with van der Waals surface area (Å²) in [7, 11) is 0. The maximum absolute atomic E-state index is 8.66. The van der Waals surface area contributed by atoms with Crippen molar-refractivity contribution < 1.29 is 5.11 Å². The average molecular weight is 247 g/mol. The van der Waals surface area contributed by atoms with E-state index in [0.29, 0.717) is 0 Å². The number of aliphatic hydroxyl groups is 1. The second-order valence-electron chi connectivity index (χ2n) is 5.02. The molecule has 1 N–H and O–H groups in total. The standard InChI is InChI=1S/C14H17NOS/c16-5-1-2-12-7-14(17-10-12)9-15-8-11-3-4-13(15)6-11/h7,10-11,13,16H,3-6,8-9H2. The van der Waals surface area contributed by atoms with E-state index in [1.165, 1.54) is 30.7 Å². The van der Waals surface area contributed by atoms with Gasteiger partial charge in [0.2, 0.25) is 0 Å². The van der Waals surface area contributed by atoms with Crippen LogP contribution in [0.3, 0.4) is 0 Å². The van der Waals surface area contributed by atoms with Crippen LogP contribution >= 0.6 is 11.3 Å². The van der Waals surface area contributed by atoms with Crippen LogP contribution in [-0.2, 0) is 6.54 Å². The molecule has 2 atom stereocenters. The van der Waals surface area contributed by atoms with Crippen LogP contribution in [-0.4, -0.2) is 29.2 Å². The van der Waals surface area contributed by atoms with Crippen molar-refractivity contribution in [2.24, 2.45) is 5.92 Å². The molecule has 1 aromatic heterocycles. The van der Waals surface area contributed by atoms with Gasteiger partial charge in [0, 0.05) is 35.0 Å². The van der Waals surface area contributed by atoms with Crippen LogP contribution in [0.4, 0.5) is 0 Å². The highest BCUT2D eigenvalue weighted by molar-refractivity contribution is 7.10. The zero-order chi connectivity index (χ0) is 11.7. The molecule has 90 valence electrons. The summed E-state index contributed by atoms with van der Waals surface area (Å²) in [6.45, 7) is 2.33. The molecule has 3 rings (SSSR count). The maximum atomic E-state index is 8.66. The van der Waals surface area contributed by atoms with E-state index < -0.39 is 0 Å². The molecule has 2 nitrogen and oxygen atoms in total. The van der Waals surface area contributed by atoms with Gasteiger partial charge in [0.15, 0.2) is 0 Å². The predicted octanol–water partition coefficient (Wildman–Crippen LogP) is 2.08. The molecule has 1 saturated heterocycles. The van der Waals surface area contributed by atoms with Gasteiger partial charge in [-0.2, -0.15) is 0 Å². The Bertz CT molecular complexity index is 456. The lowest BCUT2D eigenvalue weighted by Crippen LogP contribution is -2.31. The van der Waals surface area contributed by atoms with Gasteiger partial charge in [-0.1, -0.05) is 11.8 Å². The highest BCUT2D eigenvalue weighted by Gasteiger charge is 2.37. The summed E-state index contributed by atoms with van der Waals surface area (Å²) < 4.78 is 0. The number of piperidine rings is 1. The molecule has 2 heterocycles. The molecule has 1 aromatic rings. The number of aliphatic hydroxyl groups excluding tert-OH is 1. The Morgan fingerprint density at radius 1 is 1.47 bits per heavy atom. The van der Waals surface area contributed by atoms with E-state index in [-0.39, 0.29) is 6.61 Å². The first-order valence-electron chi connectivity index (χ1n) is 6.26. The van der Waals surface area contributed by atoms with Gasteiger partial charge in [-0.25, -0.2) is 0 Å². The molecule has 2 unspecified atom stereocenters. The summed E-state index contributed by atoms with van der Waals surface area (Å²) in [5, 5.41) is 10.7. The Balaban J connectivity index is 1.63. The highest BCUT2D eigenvalue weighted by atomic mass is 32.1. The number of nitrogens with zero attached hydrogens (tertiary/aromatic N) is 1.